The molecule has 0 unspecified atom stereocenters. The second-order valence-electron chi connectivity index (χ2n) is 3.86. The Morgan fingerprint density at radius 2 is 2.11 bits per heavy atom. The van der Waals surface area contributed by atoms with E-state index in [0.29, 0.717) is 22.5 Å². The van der Waals surface area contributed by atoms with Gasteiger partial charge >= 0.3 is 11.9 Å². The summed E-state index contributed by atoms with van der Waals surface area (Å²) in [6.07, 6.45) is 1.20. The lowest BCUT2D eigenvalue weighted by molar-refractivity contribution is -0.132. The van der Waals surface area contributed by atoms with Crippen molar-refractivity contribution in [2.45, 2.75) is 20.8 Å². The Balaban J connectivity index is 3.28. The molecule has 0 aromatic carbocycles. The van der Waals surface area contributed by atoms with Crippen molar-refractivity contribution < 1.29 is 19.4 Å². The molecule has 0 aliphatic heterocycles. The summed E-state index contributed by atoms with van der Waals surface area (Å²) in [5.41, 5.74) is 1.52. The Kier molecular flexibility index (Phi) is 4.48. The Hall–Kier alpha value is -2.55. The first-order chi connectivity index (χ1) is 8.92. The van der Waals surface area contributed by atoms with Crippen molar-refractivity contribution in [3.05, 3.63) is 28.1 Å². The number of aryl methyl sites for hydroxylation is 1. The highest BCUT2D eigenvalue weighted by Crippen LogP contribution is 2.21. The zero-order chi connectivity index (χ0) is 14.6. The lowest BCUT2D eigenvalue weighted by Gasteiger charge is -2.01. The van der Waals surface area contributed by atoms with Gasteiger partial charge in [-0.3, -0.25) is 0 Å². The van der Waals surface area contributed by atoms with Crippen LogP contribution in [0.2, 0.25) is 0 Å². The predicted molar refractivity (Wildman–Crippen MR) is 67.4 cm³/mol. The van der Waals surface area contributed by atoms with Crippen molar-refractivity contribution in [3.63, 3.8) is 0 Å². The summed E-state index contributed by atoms with van der Waals surface area (Å²) in [7, 11) is 0. The van der Waals surface area contributed by atoms with Gasteiger partial charge in [-0.2, -0.15) is 5.26 Å². The van der Waals surface area contributed by atoms with Gasteiger partial charge in [0.05, 0.1) is 12.2 Å². The van der Waals surface area contributed by atoms with Gasteiger partial charge in [0.1, 0.15) is 11.6 Å². The number of carbonyl (C=O) groups excluding carboxylic acids is 1. The number of hydrogen-bond acceptors (Lipinski definition) is 4. The molecule has 0 atom stereocenters. The quantitative estimate of drug-likeness (QED) is 0.489. The number of nitrogens with zero attached hydrogens (tertiary/aromatic N) is 1. The van der Waals surface area contributed by atoms with E-state index in [0.717, 1.165) is 0 Å². The first-order valence-electron chi connectivity index (χ1n) is 5.63. The molecule has 0 fully saturated rings. The van der Waals surface area contributed by atoms with Gasteiger partial charge in [-0.25, -0.2) is 9.59 Å². The van der Waals surface area contributed by atoms with Crippen LogP contribution < -0.4 is 0 Å². The van der Waals surface area contributed by atoms with Crippen LogP contribution in [0.5, 0.6) is 0 Å². The van der Waals surface area contributed by atoms with Crippen molar-refractivity contribution in [1.29, 1.82) is 5.26 Å². The first-order valence-corrected chi connectivity index (χ1v) is 5.63. The molecule has 100 valence electrons. The largest absolute Gasteiger partial charge is 0.477 e. The number of aliphatic carboxylic acids is 1. The molecule has 0 aliphatic rings. The second-order valence-corrected chi connectivity index (χ2v) is 3.86. The van der Waals surface area contributed by atoms with Crippen molar-refractivity contribution in [2.24, 2.45) is 0 Å². The van der Waals surface area contributed by atoms with E-state index < -0.39 is 17.5 Å². The van der Waals surface area contributed by atoms with E-state index in [1.165, 1.54) is 6.08 Å². The molecule has 1 heterocycles. The summed E-state index contributed by atoms with van der Waals surface area (Å²) in [5.74, 6) is -1.78. The first kappa shape index (κ1) is 14.5. The minimum absolute atomic E-state index is 0.257. The van der Waals surface area contributed by atoms with Crippen molar-refractivity contribution in [3.8, 4) is 6.07 Å². The SMILES string of the molecule is CCOC(=O)c1c(C)[nH]c(/C=C(\C#N)C(=O)O)c1C. The van der Waals surface area contributed by atoms with Crippen molar-refractivity contribution >= 4 is 18.0 Å². The summed E-state index contributed by atoms with van der Waals surface area (Å²) in [5, 5.41) is 17.5. The number of aromatic amines is 1. The van der Waals surface area contributed by atoms with Crippen LogP contribution in [0.25, 0.3) is 6.08 Å². The number of carboxylic acids is 1. The number of esters is 1. The van der Waals surface area contributed by atoms with E-state index in [2.05, 4.69) is 4.98 Å². The van der Waals surface area contributed by atoms with Gasteiger partial charge in [0, 0.05) is 11.4 Å². The second kappa shape index (κ2) is 5.87. The van der Waals surface area contributed by atoms with Gasteiger partial charge in [0.25, 0.3) is 0 Å². The summed E-state index contributed by atoms with van der Waals surface area (Å²) >= 11 is 0. The van der Waals surface area contributed by atoms with Gasteiger partial charge < -0.3 is 14.8 Å². The molecule has 0 amide bonds. The molecule has 1 aromatic rings. The molecule has 0 spiro atoms. The zero-order valence-corrected chi connectivity index (χ0v) is 10.9. The van der Waals surface area contributed by atoms with Gasteiger partial charge in [-0.1, -0.05) is 0 Å². The van der Waals surface area contributed by atoms with Crippen LogP contribution in [-0.2, 0) is 9.53 Å². The van der Waals surface area contributed by atoms with E-state index in [1.807, 2.05) is 0 Å². The maximum Gasteiger partial charge on any atom is 0.346 e. The fourth-order valence-electron chi connectivity index (χ4n) is 1.71. The molecule has 1 rings (SSSR count). The van der Waals surface area contributed by atoms with Crippen LogP contribution in [-0.4, -0.2) is 28.6 Å². The summed E-state index contributed by atoms with van der Waals surface area (Å²) in [6, 6.07) is 1.59. The molecule has 0 saturated carbocycles. The number of nitrogens with one attached hydrogen (secondary N) is 1. The van der Waals surface area contributed by atoms with E-state index >= 15 is 0 Å². The topological polar surface area (TPSA) is 103 Å². The number of ether oxygens (including phenoxy) is 1. The molecule has 0 bridgehead atoms. The van der Waals surface area contributed by atoms with Crippen LogP contribution >= 0.6 is 0 Å². The average molecular weight is 262 g/mol. The molecule has 6 nitrogen and oxygen atoms in total. The molecule has 0 radical (unpaired) electrons. The third-order valence-electron chi connectivity index (χ3n) is 2.60. The zero-order valence-electron chi connectivity index (χ0n) is 10.9. The number of nitriles is 1. The van der Waals surface area contributed by atoms with Crippen LogP contribution in [0.15, 0.2) is 5.57 Å². The predicted octanol–water partition coefficient (Wildman–Crippen LogP) is 1.80. The lowest BCUT2D eigenvalue weighted by atomic mass is 10.1. The molecular formula is C13H14N2O4. The highest BCUT2D eigenvalue weighted by atomic mass is 16.5. The lowest BCUT2D eigenvalue weighted by Crippen LogP contribution is -2.06. The van der Waals surface area contributed by atoms with Crippen LogP contribution in [0.3, 0.4) is 0 Å². The van der Waals surface area contributed by atoms with E-state index in [1.54, 1.807) is 26.8 Å². The van der Waals surface area contributed by atoms with Crippen molar-refractivity contribution in [2.75, 3.05) is 6.61 Å². The van der Waals surface area contributed by atoms with Crippen LogP contribution in [0.4, 0.5) is 0 Å². The van der Waals surface area contributed by atoms with E-state index in [9.17, 15) is 9.59 Å². The van der Waals surface area contributed by atoms with Gasteiger partial charge in [-0.05, 0) is 32.4 Å². The van der Waals surface area contributed by atoms with Gasteiger partial charge in [0.15, 0.2) is 0 Å². The summed E-state index contributed by atoms with van der Waals surface area (Å²) in [4.78, 5) is 25.4. The van der Waals surface area contributed by atoms with E-state index in [-0.39, 0.29) is 6.61 Å². The van der Waals surface area contributed by atoms with Crippen LogP contribution in [0.1, 0.15) is 34.2 Å². The van der Waals surface area contributed by atoms with E-state index in [4.69, 9.17) is 15.1 Å². The Morgan fingerprint density at radius 1 is 1.47 bits per heavy atom. The molecule has 0 saturated heterocycles. The van der Waals surface area contributed by atoms with Crippen molar-refractivity contribution in [1.82, 2.24) is 4.98 Å². The minimum Gasteiger partial charge on any atom is -0.477 e. The molecular weight excluding hydrogens is 248 g/mol. The number of H-pyrrole nitrogens is 1. The number of aromatic nitrogens is 1. The molecule has 6 heteroatoms. The third-order valence-corrected chi connectivity index (χ3v) is 2.60. The summed E-state index contributed by atoms with van der Waals surface area (Å²) < 4.78 is 4.92. The standard InChI is InChI=1S/C13H14N2O4/c1-4-19-13(18)11-7(2)10(15-8(11)3)5-9(6-14)12(16)17/h5,15H,4H2,1-3H3,(H,16,17)/b9-5+. The maximum absolute atomic E-state index is 11.7. The Morgan fingerprint density at radius 3 is 2.58 bits per heavy atom. The van der Waals surface area contributed by atoms with Crippen LogP contribution in [0, 0.1) is 25.2 Å². The Labute approximate surface area is 110 Å². The Bertz CT molecular complexity index is 591. The molecule has 2 N–H and O–H groups in total. The molecule has 1 aromatic heterocycles. The number of carboxylic acid groups (broad SMARTS) is 1. The highest BCUT2D eigenvalue weighted by Gasteiger charge is 2.19. The fourth-order valence-corrected chi connectivity index (χ4v) is 1.71. The molecule has 0 aliphatic carbocycles. The average Bonchev–Trinajstić information content (AvgIpc) is 2.61. The third kappa shape index (κ3) is 3.01. The van der Waals surface area contributed by atoms with Gasteiger partial charge in [0.2, 0.25) is 0 Å². The van der Waals surface area contributed by atoms with Gasteiger partial charge in [-0.15, -0.1) is 0 Å². The molecule has 19 heavy (non-hydrogen) atoms. The fraction of sp³-hybridized carbons (Fsp3) is 0.308. The smallest absolute Gasteiger partial charge is 0.346 e. The minimum atomic E-state index is -1.31. The summed E-state index contributed by atoms with van der Waals surface area (Å²) in [6.45, 7) is 5.31. The number of carbonyl (C=O) groups is 2. The number of hydrogen-bond donors (Lipinski definition) is 2. The monoisotopic (exact) mass is 262 g/mol. The normalized spacial score (nSPS) is 10.9. The maximum atomic E-state index is 11.7. The number of rotatable bonds is 4. The highest BCUT2D eigenvalue weighted by molar-refractivity contribution is 5.98.